The van der Waals surface area contributed by atoms with Crippen molar-refractivity contribution in [2.45, 2.75) is 89.9 Å². The maximum Gasteiger partial charge on any atom is 0.301 e. The molecule has 3 fully saturated rings. The number of amides is 2. The van der Waals surface area contributed by atoms with Crippen molar-refractivity contribution in [3.8, 4) is 56.9 Å². The van der Waals surface area contributed by atoms with Gasteiger partial charge in [0.1, 0.15) is 47.7 Å². The van der Waals surface area contributed by atoms with E-state index < -0.39 is 92.4 Å². The number of pyridine rings is 6. The number of halogens is 4. The van der Waals surface area contributed by atoms with E-state index in [1.54, 1.807) is 41.1 Å². The molecular formula is C64H58F4N10O8. The van der Waals surface area contributed by atoms with Crippen molar-refractivity contribution >= 4 is 50.8 Å². The molecule has 86 heavy (non-hydrogen) atoms. The molecular weight excluding hydrogens is 1110 g/mol. The van der Waals surface area contributed by atoms with Gasteiger partial charge < -0.3 is 39.3 Å². The maximum absolute atomic E-state index is 16.8. The van der Waals surface area contributed by atoms with Gasteiger partial charge in [-0.15, -0.1) is 0 Å². The molecule has 0 radical (unpaired) electrons. The Bertz CT molecular complexity index is 4360. The lowest BCUT2D eigenvalue weighted by atomic mass is 9.99. The number of aromatic nitrogens is 6. The lowest BCUT2D eigenvalue weighted by Crippen LogP contribution is -2.62. The van der Waals surface area contributed by atoms with Crippen molar-refractivity contribution in [1.82, 2.24) is 38.9 Å². The second-order valence-electron chi connectivity index (χ2n) is 22.9. The zero-order valence-electron chi connectivity index (χ0n) is 47.6. The summed E-state index contributed by atoms with van der Waals surface area (Å²) >= 11 is 0. The number of aromatic hydroxyl groups is 2. The fraction of sp³-hybridized carbons (Fsp3) is 0.312. The number of hydrogen-bond acceptors (Lipinski definition) is 14. The molecule has 13 rings (SSSR count). The van der Waals surface area contributed by atoms with Gasteiger partial charge >= 0.3 is 11.1 Å². The minimum absolute atomic E-state index is 0.000240. The highest BCUT2D eigenvalue weighted by atomic mass is 19.1. The van der Waals surface area contributed by atoms with Gasteiger partial charge in [-0.2, -0.15) is 0 Å². The average molecular weight is 1170 g/mol. The van der Waals surface area contributed by atoms with Crippen LogP contribution in [0, 0.1) is 30.2 Å². The molecule has 5 atom stereocenters. The number of fused-ring (bicyclic) bond motifs is 10. The summed E-state index contributed by atoms with van der Waals surface area (Å²) in [4.78, 5) is 84.7. The Morgan fingerprint density at radius 1 is 0.721 bits per heavy atom. The molecule has 8 aromatic rings. The van der Waals surface area contributed by atoms with E-state index in [1.807, 2.05) is 37.5 Å². The Balaban J connectivity index is 0.885. The fourth-order valence-corrected chi connectivity index (χ4v) is 12.8. The molecule has 5 aliphatic rings. The van der Waals surface area contributed by atoms with Crippen molar-refractivity contribution in [3.05, 3.63) is 159 Å². The number of carbonyl (C=O) groups is 2. The molecule has 2 saturated heterocycles. The summed E-state index contributed by atoms with van der Waals surface area (Å²) < 4.78 is 80.0. The third kappa shape index (κ3) is 8.72. The second-order valence-corrected chi connectivity index (χ2v) is 22.9. The van der Waals surface area contributed by atoms with Crippen LogP contribution in [0.1, 0.15) is 81.4 Å². The highest BCUT2D eigenvalue weighted by Crippen LogP contribution is 2.48. The number of hydrogen-bond donors (Lipinski definition) is 2. The van der Waals surface area contributed by atoms with Crippen molar-refractivity contribution in [1.29, 1.82) is 0 Å². The third-order valence-corrected chi connectivity index (χ3v) is 17.4. The van der Waals surface area contributed by atoms with E-state index >= 15 is 31.9 Å². The fourth-order valence-electron chi connectivity index (χ4n) is 12.8. The lowest BCUT2D eigenvalue weighted by Gasteiger charge is -2.48. The first kappa shape index (κ1) is 55.6. The van der Waals surface area contributed by atoms with Crippen LogP contribution < -0.4 is 30.4 Å². The number of piperazine rings is 2. The molecule has 0 bridgehead atoms. The molecule has 440 valence electrons. The number of anilines is 2. The zero-order valence-corrected chi connectivity index (χ0v) is 47.6. The van der Waals surface area contributed by atoms with Crippen LogP contribution in [-0.2, 0) is 9.59 Å². The van der Waals surface area contributed by atoms with Gasteiger partial charge in [-0.3, -0.25) is 38.3 Å². The first-order chi connectivity index (χ1) is 41.3. The molecule has 6 aromatic heterocycles. The largest absolute Gasteiger partial charge is 0.507 e. The molecule has 10 heterocycles. The molecule has 2 amide bonds. The predicted octanol–water partition coefficient (Wildman–Crippen LogP) is 9.37. The van der Waals surface area contributed by atoms with Gasteiger partial charge in [0.15, 0.2) is 22.9 Å². The van der Waals surface area contributed by atoms with Crippen LogP contribution in [-0.4, -0.2) is 124 Å². The number of carbonyl (C=O) groups excluding carboxylic acids is 2. The van der Waals surface area contributed by atoms with E-state index in [9.17, 15) is 15.0 Å². The van der Waals surface area contributed by atoms with Crippen molar-refractivity contribution in [3.63, 3.8) is 0 Å². The first-order valence-corrected chi connectivity index (χ1v) is 28.5. The summed E-state index contributed by atoms with van der Waals surface area (Å²) in [6.07, 6.45) is 4.82. The van der Waals surface area contributed by atoms with E-state index in [0.29, 0.717) is 41.9 Å². The van der Waals surface area contributed by atoms with Gasteiger partial charge in [-0.05, 0) is 106 Å². The normalized spacial score (nSPS) is 19.3. The molecule has 4 aliphatic heterocycles. The van der Waals surface area contributed by atoms with E-state index in [0.717, 1.165) is 24.3 Å². The van der Waals surface area contributed by atoms with E-state index in [1.165, 1.54) is 39.5 Å². The Morgan fingerprint density at radius 3 is 1.79 bits per heavy atom. The van der Waals surface area contributed by atoms with Gasteiger partial charge in [0.25, 0.3) is 5.91 Å². The lowest BCUT2D eigenvalue weighted by molar-refractivity contribution is -0.129. The number of aryl methyl sites for hydroxylation is 1. The minimum atomic E-state index is -0.987. The summed E-state index contributed by atoms with van der Waals surface area (Å²) in [5, 5.41) is 22.1. The number of ether oxygens (including phenoxy) is 2. The average Bonchev–Trinajstić information content (AvgIpc) is 1.35. The molecule has 5 unspecified atom stereocenters. The monoisotopic (exact) mass is 1170 g/mol. The predicted molar refractivity (Wildman–Crippen MR) is 315 cm³/mol. The SMILES string of the molecule is C=CC(=O)N1CC2COc3c(c4cc(F)c(-c5c(O)cccc5F)nc4n(-c4c(C)cc(C(=C)C(=O)N5CC6COc7c(c8cc(F)c(-c9c(O)cccc9F)nc8n(-c8cccnc8C(C)CC)c7=O)N6CC5C)nc4C4CC4)c3=O)N2CC1C. The highest BCUT2D eigenvalue weighted by molar-refractivity contribution is 6.18. The van der Waals surface area contributed by atoms with Gasteiger partial charge in [-0.25, -0.2) is 27.5 Å². The maximum atomic E-state index is 16.8. The third-order valence-electron chi connectivity index (χ3n) is 17.4. The van der Waals surface area contributed by atoms with Crippen molar-refractivity contribution in [2.75, 3.05) is 49.2 Å². The molecule has 1 saturated carbocycles. The molecule has 18 nitrogen and oxygen atoms in total. The van der Waals surface area contributed by atoms with Gasteiger partial charge in [0, 0.05) is 67.1 Å². The van der Waals surface area contributed by atoms with Gasteiger partial charge in [-0.1, -0.05) is 39.1 Å². The van der Waals surface area contributed by atoms with Crippen molar-refractivity contribution < 1.29 is 46.8 Å². The van der Waals surface area contributed by atoms with Gasteiger partial charge in [0.2, 0.25) is 17.4 Å². The van der Waals surface area contributed by atoms with Crippen LogP contribution in [0.25, 0.3) is 61.5 Å². The van der Waals surface area contributed by atoms with Crippen LogP contribution >= 0.6 is 0 Å². The Morgan fingerprint density at radius 2 is 1.26 bits per heavy atom. The molecule has 22 heteroatoms. The molecule has 1 aliphatic carbocycles. The van der Waals surface area contributed by atoms with Crippen LogP contribution in [0.4, 0.5) is 28.9 Å². The summed E-state index contributed by atoms with van der Waals surface area (Å²) in [6.45, 7) is 17.8. The summed E-state index contributed by atoms with van der Waals surface area (Å²) in [5.41, 5.74) is -0.732. The van der Waals surface area contributed by atoms with Crippen LogP contribution in [0.15, 0.2) is 102 Å². The first-order valence-electron chi connectivity index (χ1n) is 28.5. The molecule has 2 aromatic carbocycles. The molecule has 0 spiro atoms. The summed E-state index contributed by atoms with van der Waals surface area (Å²) in [5.74, 6) is -6.28. The summed E-state index contributed by atoms with van der Waals surface area (Å²) in [6, 6.07) is 12.4. The minimum Gasteiger partial charge on any atom is -0.507 e. The van der Waals surface area contributed by atoms with Crippen LogP contribution in [0.2, 0.25) is 0 Å². The number of phenolic OH excluding ortho intramolecular Hbond substituents is 2. The topological polar surface area (TPSA) is 202 Å². The van der Waals surface area contributed by atoms with E-state index in [2.05, 4.69) is 23.1 Å². The Labute approximate surface area is 489 Å². The second kappa shape index (κ2) is 20.9. The summed E-state index contributed by atoms with van der Waals surface area (Å²) in [7, 11) is 0. The Kier molecular flexibility index (Phi) is 13.5. The number of rotatable bonds is 10. The Hall–Kier alpha value is -9.60. The number of benzene rings is 2. The smallest absolute Gasteiger partial charge is 0.301 e. The number of nitrogens with zero attached hydrogens (tertiary/aromatic N) is 10. The standard InChI is InChI=1S/C64H58F4N10O8/c1-8-30(3)51-45(15-12-20-69-51)77-60-38(22-42(67)53(71-60)49-40(65)13-10-16-46(49)79)56-58(63(77)83)85-29-37-27-74(33(6)25-76(37)56)62(82)34(7)44-21-31(4)55(52(70-44)35-18-19-35)78-61-39(23-43(68)54(72-61)50-41(66)14-11-17-47(50)80)57-59(64(78)84)86-28-36-26-73(48(81)9-2)32(5)24-75(36)57/h9-17,20-23,30,32-33,35-37,79-80H,2,7-8,18-19,24-29H2,1,3-6H3. The van der Waals surface area contributed by atoms with E-state index in [4.69, 9.17) is 19.4 Å². The van der Waals surface area contributed by atoms with Crippen LogP contribution in [0.3, 0.4) is 0 Å². The highest BCUT2D eigenvalue weighted by Gasteiger charge is 2.45. The molecule has 2 N–H and O–H groups in total. The van der Waals surface area contributed by atoms with Crippen LogP contribution in [0.5, 0.6) is 23.0 Å². The van der Waals surface area contributed by atoms with Gasteiger partial charge in [0.05, 0.1) is 68.6 Å². The van der Waals surface area contributed by atoms with E-state index in [-0.39, 0.29) is 125 Å². The zero-order chi connectivity index (χ0) is 60.5. The van der Waals surface area contributed by atoms with Crippen molar-refractivity contribution in [2.24, 2.45) is 0 Å². The number of phenols is 2. The quantitative estimate of drug-likeness (QED) is 0.0969.